The van der Waals surface area contributed by atoms with Crippen molar-refractivity contribution in [3.63, 3.8) is 0 Å². The Morgan fingerprint density at radius 2 is 2.06 bits per heavy atom. The minimum Gasteiger partial charge on any atom is -0.465 e. The Labute approximate surface area is 109 Å². The first-order chi connectivity index (χ1) is 7.89. The number of nitrogens with two attached hydrogens (primary N) is 1. The molecule has 18 heavy (non-hydrogen) atoms. The van der Waals surface area contributed by atoms with Gasteiger partial charge in [-0.3, -0.25) is 0 Å². The molecule has 1 rings (SSSR count). The highest BCUT2D eigenvalue weighted by Gasteiger charge is 2.29. The van der Waals surface area contributed by atoms with E-state index in [1.807, 2.05) is 0 Å². The largest absolute Gasteiger partial charge is 0.465 e. The summed E-state index contributed by atoms with van der Waals surface area (Å²) in [5.74, 6) is -0.557. The fourth-order valence-electron chi connectivity index (χ4n) is 1.21. The molecule has 0 aliphatic rings. The van der Waals surface area contributed by atoms with E-state index in [1.165, 1.54) is 25.3 Å². The average Bonchev–Trinajstić information content (AvgIpc) is 2.30. The molecule has 0 heterocycles. The van der Waals surface area contributed by atoms with Crippen molar-refractivity contribution in [3.8, 4) is 5.75 Å². The lowest BCUT2D eigenvalue weighted by Crippen LogP contribution is -2.34. The summed E-state index contributed by atoms with van der Waals surface area (Å²) in [7, 11) is 1.24. The number of carbonyl (C=O) groups excluding carboxylic acids is 1. The Balaban J connectivity index is 0.00000289. The zero-order valence-corrected chi connectivity index (χ0v) is 10.7. The lowest BCUT2D eigenvalue weighted by molar-refractivity contribution is -0.166. The lowest BCUT2D eigenvalue weighted by Gasteiger charge is -2.17. The number of benzene rings is 1. The zero-order chi connectivity index (χ0) is 13.1. The van der Waals surface area contributed by atoms with Crippen LogP contribution in [0.15, 0.2) is 18.2 Å². The zero-order valence-electron chi connectivity index (χ0n) is 9.91. The molecule has 0 unspecified atom stereocenters. The molecule has 0 radical (unpaired) electrons. The molecule has 0 aliphatic carbocycles. The fourth-order valence-corrected chi connectivity index (χ4v) is 1.21. The van der Waals surface area contributed by atoms with Gasteiger partial charge in [-0.25, -0.2) is 4.79 Å². The molecule has 7 heteroatoms. The Bertz CT molecular complexity index is 427. The first kappa shape index (κ1) is 16.6. The van der Waals surface area contributed by atoms with Crippen LogP contribution in [0.2, 0.25) is 0 Å². The van der Waals surface area contributed by atoms with Crippen molar-refractivity contribution in [2.45, 2.75) is 13.0 Å². The standard InChI is InChI=1S/C11H13F2NO3.ClH/c1-7-5-8(10(15)16-2)3-4-9(7)17-11(12,13)6-14;/h3-5H,6,14H2,1-2H3;1H. The van der Waals surface area contributed by atoms with Gasteiger partial charge in [0.25, 0.3) is 0 Å². The minimum absolute atomic E-state index is 0. The molecule has 2 N–H and O–H groups in total. The van der Waals surface area contributed by atoms with Gasteiger partial charge in [0.2, 0.25) is 0 Å². The summed E-state index contributed by atoms with van der Waals surface area (Å²) < 4.78 is 34.8. The van der Waals surface area contributed by atoms with E-state index in [9.17, 15) is 13.6 Å². The molecule has 0 spiro atoms. The SMILES string of the molecule is COC(=O)c1ccc(OC(F)(F)CN)c(C)c1.Cl. The molecule has 4 nitrogen and oxygen atoms in total. The first-order valence-electron chi connectivity index (χ1n) is 4.85. The van der Waals surface area contributed by atoms with Gasteiger partial charge < -0.3 is 15.2 Å². The van der Waals surface area contributed by atoms with Crippen molar-refractivity contribution in [2.75, 3.05) is 13.7 Å². The van der Waals surface area contributed by atoms with Crippen molar-refractivity contribution in [3.05, 3.63) is 29.3 Å². The van der Waals surface area contributed by atoms with Crippen LogP contribution < -0.4 is 10.5 Å². The summed E-state index contributed by atoms with van der Waals surface area (Å²) in [4.78, 5) is 11.2. The van der Waals surface area contributed by atoms with Crippen LogP contribution in [0.25, 0.3) is 0 Å². The number of esters is 1. The van der Waals surface area contributed by atoms with Gasteiger partial charge in [0, 0.05) is 0 Å². The van der Waals surface area contributed by atoms with Gasteiger partial charge in [0.1, 0.15) is 5.75 Å². The van der Waals surface area contributed by atoms with Crippen molar-refractivity contribution >= 4 is 18.4 Å². The predicted octanol–water partition coefficient (Wildman–Crippen LogP) is 2.13. The third-order valence-electron chi connectivity index (χ3n) is 2.09. The van der Waals surface area contributed by atoms with Crippen LogP contribution in [0, 0.1) is 6.92 Å². The van der Waals surface area contributed by atoms with Crippen molar-refractivity contribution < 1.29 is 23.0 Å². The monoisotopic (exact) mass is 281 g/mol. The van der Waals surface area contributed by atoms with Gasteiger partial charge in [0.15, 0.2) is 0 Å². The highest BCUT2D eigenvalue weighted by atomic mass is 35.5. The van der Waals surface area contributed by atoms with Crippen LogP contribution in [0.3, 0.4) is 0 Å². The van der Waals surface area contributed by atoms with E-state index in [2.05, 4.69) is 9.47 Å². The molecule has 0 amide bonds. The van der Waals surface area contributed by atoms with Crippen LogP contribution in [0.4, 0.5) is 8.78 Å². The number of carbonyl (C=O) groups is 1. The molecule has 102 valence electrons. The maximum absolute atomic E-state index is 12.9. The fraction of sp³-hybridized carbons (Fsp3) is 0.364. The number of methoxy groups -OCH3 is 1. The van der Waals surface area contributed by atoms with Gasteiger partial charge in [-0.05, 0) is 30.7 Å². The topological polar surface area (TPSA) is 61.5 Å². The highest BCUT2D eigenvalue weighted by molar-refractivity contribution is 5.89. The Morgan fingerprint density at radius 3 is 2.50 bits per heavy atom. The molecular formula is C11H14ClF2NO3. The van der Waals surface area contributed by atoms with Crippen LogP contribution in [0.5, 0.6) is 5.75 Å². The summed E-state index contributed by atoms with van der Waals surface area (Å²) in [5.41, 5.74) is 5.53. The molecule has 0 atom stereocenters. The highest BCUT2D eigenvalue weighted by Crippen LogP contribution is 2.25. The molecule has 0 saturated heterocycles. The normalized spacial score (nSPS) is 10.5. The van der Waals surface area contributed by atoms with Gasteiger partial charge >= 0.3 is 12.1 Å². The lowest BCUT2D eigenvalue weighted by atomic mass is 10.1. The first-order valence-corrected chi connectivity index (χ1v) is 4.85. The molecule has 0 saturated carbocycles. The predicted molar refractivity (Wildman–Crippen MR) is 64.4 cm³/mol. The van der Waals surface area contributed by atoms with Crippen molar-refractivity contribution in [1.29, 1.82) is 0 Å². The number of ether oxygens (including phenoxy) is 2. The van der Waals surface area contributed by atoms with Gasteiger partial charge in [-0.1, -0.05) is 0 Å². The van der Waals surface area contributed by atoms with E-state index in [0.29, 0.717) is 5.56 Å². The van der Waals surface area contributed by atoms with E-state index in [-0.39, 0.29) is 23.7 Å². The van der Waals surface area contributed by atoms with E-state index < -0.39 is 18.6 Å². The van der Waals surface area contributed by atoms with Crippen molar-refractivity contribution in [2.24, 2.45) is 5.73 Å². The van der Waals surface area contributed by atoms with Crippen LogP contribution in [-0.4, -0.2) is 25.7 Å². The number of hydrogen-bond acceptors (Lipinski definition) is 4. The maximum Gasteiger partial charge on any atom is 0.410 e. The number of alkyl halides is 2. The molecular weight excluding hydrogens is 268 g/mol. The van der Waals surface area contributed by atoms with E-state index in [0.717, 1.165) is 0 Å². The Hall–Kier alpha value is -1.40. The quantitative estimate of drug-likeness (QED) is 0.859. The molecule has 0 bridgehead atoms. The second kappa shape index (κ2) is 6.51. The third-order valence-corrected chi connectivity index (χ3v) is 2.09. The summed E-state index contributed by atoms with van der Waals surface area (Å²) in [6.45, 7) is 0.638. The summed E-state index contributed by atoms with van der Waals surface area (Å²) in [6.07, 6.45) is -3.42. The summed E-state index contributed by atoms with van der Waals surface area (Å²) >= 11 is 0. The average molecular weight is 282 g/mol. The van der Waals surface area contributed by atoms with Gasteiger partial charge in [-0.2, -0.15) is 8.78 Å². The number of hydrogen-bond donors (Lipinski definition) is 1. The van der Waals surface area contributed by atoms with E-state index >= 15 is 0 Å². The Morgan fingerprint density at radius 1 is 1.44 bits per heavy atom. The molecule has 0 aromatic heterocycles. The summed E-state index contributed by atoms with van der Waals surface area (Å²) in [5, 5.41) is 0. The van der Waals surface area contributed by atoms with Crippen LogP contribution in [-0.2, 0) is 4.74 Å². The molecule has 0 fully saturated rings. The van der Waals surface area contributed by atoms with E-state index in [4.69, 9.17) is 5.73 Å². The number of halogens is 3. The van der Waals surface area contributed by atoms with Gasteiger partial charge in [-0.15, -0.1) is 12.4 Å². The molecule has 1 aromatic rings. The minimum atomic E-state index is -3.42. The van der Waals surface area contributed by atoms with Gasteiger partial charge in [0.05, 0.1) is 19.2 Å². The van der Waals surface area contributed by atoms with Crippen LogP contribution >= 0.6 is 12.4 Å². The summed E-state index contributed by atoms with van der Waals surface area (Å²) in [6, 6.07) is 4.04. The Kier molecular flexibility index (Phi) is 6.00. The molecule has 0 aliphatic heterocycles. The maximum atomic E-state index is 12.9. The van der Waals surface area contributed by atoms with E-state index in [1.54, 1.807) is 6.92 Å². The smallest absolute Gasteiger partial charge is 0.410 e. The van der Waals surface area contributed by atoms with Crippen molar-refractivity contribution in [1.82, 2.24) is 0 Å². The molecule has 1 aromatic carbocycles. The third kappa shape index (κ3) is 4.12. The number of rotatable bonds is 4. The van der Waals surface area contributed by atoms with Crippen LogP contribution in [0.1, 0.15) is 15.9 Å². The second-order valence-corrected chi connectivity index (χ2v) is 3.42. The second-order valence-electron chi connectivity index (χ2n) is 3.42. The number of aryl methyl sites for hydroxylation is 1.